The summed E-state index contributed by atoms with van der Waals surface area (Å²) in [7, 11) is 0. The van der Waals surface area contributed by atoms with Crippen LogP contribution in [0.2, 0.25) is 0 Å². The average Bonchev–Trinajstić information content (AvgIpc) is 0. The Balaban J connectivity index is 0. The first-order valence-electron chi connectivity index (χ1n) is 0. The largest absolute Gasteiger partial charge is 0 e. The summed E-state index contributed by atoms with van der Waals surface area (Å²) in [4.78, 5) is 0. The molecule has 0 aromatic heterocycles. The standard InChI is InChI=1S/2Bi.Ca.Nb.8H. The Morgan fingerprint density at radius 2 is 0.750 bits per heavy atom. The second-order valence-corrected chi connectivity index (χ2v) is 0. The van der Waals surface area contributed by atoms with Crippen LogP contribution in [-0.2, 0) is 22.4 Å². The molecular weight excluding hydrogens is 551 g/mol. The SMILES string of the molecule is [BiH3].[BiH3].[CaH2].[Nb]. The van der Waals surface area contributed by atoms with Crippen molar-refractivity contribution in [1.29, 1.82) is 0 Å². The van der Waals surface area contributed by atoms with Gasteiger partial charge in [-0.2, -0.15) is 0 Å². The van der Waals surface area contributed by atoms with E-state index in [1.54, 1.807) is 0 Å². The predicted octanol–water partition coefficient (Wildman–Crippen LogP) is -3.29. The predicted molar refractivity (Wildman–Crippen MR) is 28.4 cm³/mol. The Labute approximate surface area is 110 Å². The molecule has 0 unspecified atom stereocenters. The average molecular weight is 559 g/mol. The molecule has 4 heavy (non-hydrogen) atoms. The van der Waals surface area contributed by atoms with Crippen molar-refractivity contribution >= 4 is 90.1 Å². The molecule has 0 aromatic rings. The van der Waals surface area contributed by atoms with Gasteiger partial charge in [0.1, 0.15) is 0 Å². The van der Waals surface area contributed by atoms with Gasteiger partial charge in [-0.25, -0.2) is 0 Å². The maximum absolute atomic E-state index is 0. The molecule has 0 aliphatic carbocycles. The van der Waals surface area contributed by atoms with Crippen LogP contribution in [0.4, 0.5) is 0 Å². The first-order chi connectivity index (χ1) is 0. The van der Waals surface area contributed by atoms with Crippen LogP contribution >= 0.6 is 0 Å². The minimum atomic E-state index is 0. The molecule has 0 bridgehead atoms. The summed E-state index contributed by atoms with van der Waals surface area (Å²) in [5, 5.41) is 0. The first-order valence-corrected chi connectivity index (χ1v) is 0. The van der Waals surface area contributed by atoms with E-state index in [0.29, 0.717) is 0 Å². The summed E-state index contributed by atoms with van der Waals surface area (Å²) in [5.41, 5.74) is 0. The maximum Gasteiger partial charge on any atom is 0 e. The van der Waals surface area contributed by atoms with Gasteiger partial charge in [0.25, 0.3) is 0 Å². The van der Waals surface area contributed by atoms with Gasteiger partial charge in [-0.05, 0) is 0 Å². The van der Waals surface area contributed by atoms with Crippen molar-refractivity contribution in [3.05, 3.63) is 0 Å². The van der Waals surface area contributed by atoms with E-state index in [-0.39, 0.29) is 113 Å². The van der Waals surface area contributed by atoms with Gasteiger partial charge in [0.15, 0.2) is 0 Å². The van der Waals surface area contributed by atoms with Gasteiger partial charge < -0.3 is 0 Å². The van der Waals surface area contributed by atoms with Crippen LogP contribution in [0, 0.1) is 0 Å². The van der Waals surface area contributed by atoms with Crippen LogP contribution in [0.5, 0.6) is 0 Å². The molecule has 25 valence electrons. The van der Waals surface area contributed by atoms with Gasteiger partial charge >= 0.3 is 90.1 Å². The van der Waals surface area contributed by atoms with Crippen molar-refractivity contribution in [2.75, 3.05) is 0 Å². The minimum absolute atomic E-state index is 0. The van der Waals surface area contributed by atoms with Gasteiger partial charge in [-0.15, -0.1) is 0 Å². The molecule has 0 heterocycles. The fourth-order valence-electron chi connectivity index (χ4n) is 0. The molecule has 0 fully saturated rings. The van der Waals surface area contributed by atoms with Crippen molar-refractivity contribution < 1.29 is 22.4 Å². The fourth-order valence-corrected chi connectivity index (χ4v) is 0. The molecule has 0 aliphatic heterocycles. The number of hydrogen-bond acceptors (Lipinski definition) is 0. The number of hydrogen-bond donors (Lipinski definition) is 0. The van der Waals surface area contributed by atoms with Crippen LogP contribution in [-0.4, -0.2) is 90.1 Å². The Bertz CT molecular complexity index is 6.00. The molecular formula is H8Bi2CaNb. The number of rotatable bonds is 0. The summed E-state index contributed by atoms with van der Waals surface area (Å²) in [6.07, 6.45) is 0. The van der Waals surface area contributed by atoms with E-state index in [9.17, 15) is 0 Å². The molecule has 0 N–H and O–H groups in total. The minimum Gasteiger partial charge on any atom is 0 e. The van der Waals surface area contributed by atoms with Gasteiger partial charge in [-0.1, -0.05) is 0 Å². The maximum atomic E-state index is 0. The summed E-state index contributed by atoms with van der Waals surface area (Å²) >= 11 is 0. The zero-order valence-corrected chi connectivity index (χ0v) is 15.1. The van der Waals surface area contributed by atoms with Gasteiger partial charge in [-0.3, -0.25) is 0 Å². The second kappa shape index (κ2) is 15.9. The van der Waals surface area contributed by atoms with Crippen LogP contribution in [0.25, 0.3) is 0 Å². The summed E-state index contributed by atoms with van der Waals surface area (Å²) < 4.78 is 0. The van der Waals surface area contributed by atoms with E-state index in [1.807, 2.05) is 0 Å². The molecule has 0 aromatic carbocycles. The summed E-state index contributed by atoms with van der Waals surface area (Å²) in [6, 6.07) is 0. The summed E-state index contributed by atoms with van der Waals surface area (Å²) in [5.74, 6) is 0. The molecule has 0 saturated carbocycles. The first kappa shape index (κ1) is 25.1. The van der Waals surface area contributed by atoms with E-state index in [0.717, 1.165) is 0 Å². The van der Waals surface area contributed by atoms with Crippen LogP contribution in [0.3, 0.4) is 0 Å². The monoisotopic (exact) mass is 559 g/mol. The third kappa shape index (κ3) is 9.23. The van der Waals surface area contributed by atoms with Crippen molar-refractivity contribution in [2.24, 2.45) is 0 Å². The normalized spacial score (nSPS) is 0. The Morgan fingerprint density at radius 3 is 0.750 bits per heavy atom. The van der Waals surface area contributed by atoms with Crippen molar-refractivity contribution in [3.8, 4) is 0 Å². The molecule has 1 radical (unpaired) electrons. The molecule has 0 atom stereocenters. The van der Waals surface area contributed by atoms with E-state index < -0.39 is 0 Å². The quantitative estimate of drug-likeness (QED) is 0.274. The zero-order chi connectivity index (χ0) is 0. The zero-order valence-electron chi connectivity index (χ0n) is 1.86. The third-order valence-electron chi connectivity index (χ3n) is 0. The Morgan fingerprint density at radius 1 is 0.750 bits per heavy atom. The summed E-state index contributed by atoms with van der Waals surface area (Å²) in [6.45, 7) is 0. The van der Waals surface area contributed by atoms with Gasteiger partial charge in [0.05, 0.1) is 0 Å². The Kier molecular flexibility index (Phi) is 99.4. The fraction of sp³-hybridized carbons (Fsp3) is 0. The molecule has 0 aliphatic rings. The molecule has 4 heteroatoms. The molecule has 0 amide bonds. The molecule has 0 nitrogen and oxygen atoms in total. The Hall–Kier alpha value is 3.77. The van der Waals surface area contributed by atoms with Gasteiger partial charge in [0.2, 0.25) is 0 Å². The third-order valence-corrected chi connectivity index (χ3v) is 0. The van der Waals surface area contributed by atoms with Crippen LogP contribution in [0.15, 0.2) is 0 Å². The van der Waals surface area contributed by atoms with Crippen molar-refractivity contribution in [3.63, 3.8) is 0 Å². The molecule has 0 saturated heterocycles. The van der Waals surface area contributed by atoms with Crippen molar-refractivity contribution in [1.82, 2.24) is 0 Å². The molecule has 0 rings (SSSR count). The topological polar surface area (TPSA) is 0 Å². The van der Waals surface area contributed by atoms with E-state index >= 15 is 0 Å². The van der Waals surface area contributed by atoms with E-state index in [4.69, 9.17) is 0 Å². The van der Waals surface area contributed by atoms with Crippen LogP contribution < -0.4 is 0 Å². The van der Waals surface area contributed by atoms with Crippen LogP contribution in [0.1, 0.15) is 0 Å². The van der Waals surface area contributed by atoms with E-state index in [2.05, 4.69) is 0 Å². The smallest absolute Gasteiger partial charge is 0 e. The van der Waals surface area contributed by atoms with Crippen molar-refractivity contribution in [2.45, 2.75) is 0 Å². The van der Waals surface area contributed by atoms with Gasteiger partial charge in [0, 0.05) is 22.4 Å². The second-order valence-electron chi connectivity index (χ2n) is 0. The van der Waals surface area contributed by atoms with E-state index in [1.165, 1.54) is 0 Å². The molecule has 0 spiro atoms.